The van der Waals surface area contributed by atoms with Crippen molar-refractivity contribution in [2.45, 2.75) is 18.7 Å². The van der Waals surface area contributed by atoms with Gasteiger partial charge in [-0.15, -0.1) is 11.8 Å². The molecule has 1 heterocycles. The third-order valence-electron chi connectivity index (χ3n) is 4.52. The molecule has 0 amide bonds. The normalized spacial score (nSPS) is 11.2. The first-order chi connectivity index (χ1) is 13.1. The number of furan rings is 1. The zero-order valence-corrected chi connectivity index (χ0v) is 16.0. The van der Waals surface area contributed by atoms with E-state index in [1.54, 1.807) is 36.0 Å². The minimum absolute atomic E-state index is 0.214. The fourth-order valence-corrected chi connectivity index (χ4v) is 4.08. The number of aromatic hydroxyl groups is 2. The van der Waals surface area contributed by atoms with E-state index in [1.807, 2.05) is 25.1 Å². The van der Waals surface area contributed by atoms with Crippen LogP contribution in [0.5, 0.6) is 11.5 Å². The van der Waals surface area contributed by atoms with Crippen LogP contribution in [0, 0.1) is 6.92 Å². The van der Waals surface area contributed by atoms with E-state index in [4.69, 9.17) is 4.42 Å². The van der Waals surface area contributed by atoms with E-state index >= 15 is 0 Å². The number of rotatable bonds is 4. The van der Waals surface area contributed by atoms with E-state index < -0.39 is 0 Å². The van der Waals surface area contributed by atoms with Crippen LogP contribution in [0.1, 0.15) is 12.5 Å². The third-order valence-corrected chi connectivity index (χ3v) is 5.40. The smallest absolute Gasteiger partial charge is 0.143 e. The van der Waals surface area contributed by atoms with Gasteiger partial charge in [-0.05, 0) is 72.3 Å². The van der Waals surface area contributed by atoms with Gasteiger partial charge in [0.1, 0.15) is 22.8 Å². The highest BCUT2D eigenvalue weighted by Gasteiger charge is 2.20. The van der Waals surface area contributed by atoms with Crippen LogP contribution in [-0.4, -0.2) is 16.0 Å². The van der Waals surface area contributed by atoms with Crippen LogP contribution in [0.25, 0.3) is 33.4 Å². The molecule has 4 heteroatoms. The molecule has 0 atom stereocenters. The van der Waals surface area contributed by atoms with Gasteiger partial charge in [0, 0.05) is 21.4 Å². The SMILES string of the molecule is CCSc1cccc(-c2c(-c3ccc(O)cc3)oc3c(C)cc(O)cc23)c1. The number of hydrogen-bond acceptors (Lipinski definition) is 4. The van der Waals surface area contributed by atoms with Gasteiger partial charge in [0.25, 0.3) is 0 Å². The Kier molecular flexibility index (Phi) is 4.58. The van der Waals surface area contributed by atoms with Gasteiger partial charge < -0.3 is 14.6 Å². The maximum atomic E-state index is 10.2. The Labute approximate surface area is 162 Å². The number of phenolic OH excluding ortho intramolecular Hbond substituents is 2. The van der Waals surface area contributed by atoms with E-state index in [1.165, 1.54) is 4.90 Å². The first-order valence-electron chi connectivity index (χ1n) is 8.85. The molecule has 0 aliphatic heterocycles. The van der Waals surface area contributed by atoms with E-state index in [9.17, 15) is 10.2 Å². The quantitative estimate of drug-likeness (QED) is 0.394. The molecule has 0 bridgehead atoms. The second kappa shape index (κ2) is 7.05. The van der Waals surface area contributed by atoms with Crippen molar-refractivity contribution in [3.63, 3.8) is 0 Å². The van der Waals surface area contributed by atoms with Gasteiger partial charge >= 0.3 is 0 Å². The van der Waals surface area contributed by atoms with Crippen LogP contribution in [-0.2, 0) is 0 Å². The maximum absolute atomic E-state index is 10.2. The lowest BCUT2D eigenvalue weighted by atomic mass is 9.97. The third kappa shape index (κ3) is 3.28. The molecule has 4 rings (SSSR count). The summed E-state index contributed by atoms with van der Waals surface area (Å²) in [5, 5.41) is 20.7. The Hall–Kier alpha value is -2.85. The number of hydrogen-bond donors (Lipinski definition) is 2. The predicted octanol–water partition coefficient (Wildman–Crippen LogP) is 6.60. The van der Waals surface area contributed by atoms with Crippen LogP contribution < -0.4 is 0 Å². The number of aryl methyl sites for hydroxylation is 1. The molecular weight excluding hydrogens is 356 g/mol. The molecule has 0 radical (unpaired) electrons. The summed E-state index contributed by atoms with van der Waals surface area (Å²) in [7, 11) is 0. The summed E-state index contributed by atoms with van der Waals surface area (Å²) in [6.07, 6.45) is 0. The monoisotopic (exact) mass is 376 g/mol. The molecule has 3 nitrogen and oxygen atoms in total. The van der Waals surface area contributed by atoms with Crippen molar-refractivity contribution in [1.82, 2.24) is 0 Å². The largest absolute Gasteiger partial charge is 0.508 e. The Balaban J connectivity index is 2.03. The van der Waals surface area contributed by atoms with Gasteiger partial charge in [0.2, 0.25) is 0 Å². The predicted molar refractivity (Wildman–Crippen MR) is 112 cm³/mol. The van der Waals surface area contributed by atoms with Crippen molar-refractivity contribution in [2.75, 3.05) is 5.75 Å². The van der Waals surface area contributed by atoms with Crippen LogP contribution in [0.15, 0.2) is 70.0 Å². The summed E-state index contributed by atoms with van der Waals surface area (Å²) in [5.41, 5.74) is 4.52. The van der Waals surface area contributed by atoms with E-state index in [0.717, 1.165) is 44.7 Å². The fraction of sp³-hybridized carbons (Fsp3) is 0.130. The Morgan fingerprint density at radius 1 is 0.889 bits per heavy atom. The summed E-state index contributed by atoms with van der Waals surface area (Å²) < 4.78 is 6.27. The zero-order chi connectivity index (χ0) is 19.0. The number of fused-ring (bicyclic) bond motifs is 1. The minimum Gasteiger partial charge on any atom is -0.508 e. The second-order valence-electron chi connectivity index (χ2n) is 6.45. The molecule has 27 heavy (non-hydrogen) atoms. The van der Waals surface area contributed by atoms with Crippen molar-refractivity contribution in [1.29, 1.82) is 0 Å². The molecule has 0 spiro atoms. The summed E-state index contributed by atoms with van der Waals surface area (Å²) in [4.78, 5) is 1.19. The first kappa shape index (κ1) is 17.6. The number of benzene rings is 3. The van der Waals surface area contributed by atoms with Gasteiger partial charge in [-0.1, -0.05) is 19.1 Å². The highest BCUT2D eigenvalue weighted by molar-refractivity contribution is 7.99. The van der Waals surface area contributed by atoms with Gasteiger partial charge in [-0.2, -0.15) is 0 Å². The molecular formula is C23H20O3S. The van der Waals surface area contributed by atoms with Crippen LogP contribution >= 0.6 is 11.8 Å². The standard InChI is InChI=1S/C23H20O3S/c1-3-27-19-6-4-5-16(12-19)21-20-13-18(25)11-14(2)22(20)26-23(21)15-7-9-17(24)10-8-15/h4-13,24-25H,3H2,1-2H3. The van der Waals surface area contributed by atoms with Gasteiger partial charge in [-0.25, -0.2) is 0 Å². The van der Waals surface area contributed by atoms with Gasteiger partial charge in [0.15, 0.2) is 0 Å². The first-order valence-corrected chi connectivity index (χ1v) is 9.84. The van der Waals surface area contributed by atoms with E-state index in [2.05, 4.69) is 25.1 Å². The van der Waals surface area contributed by atoms with Crippen LogP contribution in [0.2, 0.25) is 0 Å². The summed E-state index contributed by atoms with van der Waals surface area (Å²) >= 11 is 1.79. The Morgan fingerprint density at radius 3 is 2.41 bits per heavy atom. The van der Waals surface area contributed by atoms with Gasteiger partial charge in [-0.3, -0.25) is 0 Å². The average molecular weight is 376 g/mol. The lowest BCUT2D eigenvalue weighted by Crippen LogP contribution is -1.83. The van der Waals surface area contributed by atoms with Crippen LogP contribution in [0.4, 0.5) is 0 Å². The lowest BCUT2D eigenvalue weighted by Gasteiger charge is -2.07. The molecule has 0 saturated carbocycles. The molecule has 2 N–H and O–H groups in total. The second-order valence-corrected chi connectivity index (χ2v) is 7.79. The summed E-state index contributed by atoms with van der Waals surface area (Å²) in [5.74, 6) is 2.17. The molecule has 0 saturated heterocycles. The Morgan fingerprint density at radius 2 is 1.67 bits per heavy atom. The van der Waals surface area contributed by atoms with E-state index in [0.29, 0.717) is 0 Å². The summed E-state index contributed by atoms with van der Waals surface area (Å²) in [6.45, 7) is 4.06. The van der Waals surface area contributed by atoms with Crippen molar-refractivity contribution in [2.24, 2.45) is 0 Å². The van der Waals surface area contributed by atoms with Crippen molar-refractivity contribution in [3.8, 4) is 33.9 Å². The number of thioether (sulfide) groups is 1. The van der Waals surface area contributed by atoms with Gasteiger partial charge in [0.05, 0.1) is 0 Å². The highest BCUT2D eigenvalue weighted by Crippen LogP contribution is 2.44. The topological polar surface area (TPSA) is 53.6 Å². The highest BCUT2D eigenvalue weighted by atomic mass is 32.2. The maximum Gasteiger partial charge on any atom is 0.143 e. The molecule has 4 aromatic rings. The fourth-order valence-electron chi connectivity index (χ4n) is 3.36. The van der Waals surface area contributed by atoms with Crippen molar-refractivity contribution in [3.05, 3.63) is 66.2 Å². The van der Waals surface area contributed by atoms with Crippen molar-refractivity contribution < 1.29 is 14.6 Å². The molecule has 3 aromatic carbocycles. The Bertz CT molecular complexity index is 1110. The van der Waals surface area contributed by atoms with Crippen molar-refractivity contribution >= 4 is 22.7 Å². The average Bonchev–Trinajstić information content (AvgIpc) is 3.02. The molecule has 0 aliphatic carbocycles. The summed E-state index contributed by atoms with van der Waals surface area (Å²) in [6, 6.07) is 18.8. The molecule has 0 fully saturated rings. The minimum atomic E-state index is 0.214. The molecule has 136 valence electrons. The molecule has 1 aromatic heterocycles. The molecule has 0 aliphatic rings. The lowest BCUT2D eigenvalue weighted by molar-refractivity contribution is 0.474. The molecule has 0 unspecified atom stereocenters. The van der Waals surface area contributed by atoms with Crippen LogP contribution in [0.3, 0.4) is 0 Å². The number of phenols is 2. The zero-order valence-electron chi connectivity index (χ0n) is 15.2. The van der Waals surface area contributed by atoms with E-state index in [-0.39, 0.29) is 11.5 Å².